The summed E-state index contributed by atoms with van der Waals surface area (Å²) in [4.78, 5) is 0. The molecule has 1 aromatic rings. The summed E-state index contributed by atoms with van der Waals surface area (Å²) in [6, 6.07) is 4.51. The summed E-state index contributed by atoms with van der Waals surface area (Å²) in [7, 11) is 0. The second kappa shape index (κ2) is 3.54. The molecule has 1 aliphatic rings. The Morgan fingerprint density at radius 3 is 2.64 bits per heavy atom. The van der Waals surface area contributed by atoms with E-state index in [1.165, 1.54) is 26.7 Å². The first-order valence-electron chi connectivity index (χ1n) is 5.09. The Hall–Kier alpha value is -0.560. The van der Waals surface area contributed by atoms with Crippen LogP contribution in [-0.4, -0.2) is 0 Å². The van der Waals surface area contributed by atoms with E-state index >= 15 is 0 Å². The molecular formula is C13H15Br. The van der Waals surface area contributed by atoms with E-state index in [9.17, 15) is 0 Å². The van der Waals surface area contributed by atoms with Gasteiger partial charge in [0.15, 0.2) is 0 Å². The average molecular weight is 251 g/mol. The molecule has 0 spiro atoms. The fraction of sp³-hybridized carbons (Fsp3) is 0.385. The van der Waals surface area contributed by atoms with Gasteiger partial charge in [-0.15, -0.1) is 0 Å². The molecule has 14 heavy (non-hydrogen) atoms. The van der Waals surface area contributed by atoms with Gasteiger partial charge in [0.25, 0.3) is 0 Å². The zero-order valence-electron chi connectivity index (χ0n) is 8.89. The monoisotopic (exact) mass is 250 g/mol. The molecule has 0 nitrogen and oxygen atoms in total. The Labute approximate surface area is 94.2 Å². The summed E-state index contributed by atoms with van der Waals surface area (Å²) >= 11 is 3.64. The highest BCUT2D eigenvalue weighted by atomic mass is 79.9. The minimum absolute atomic E-state index is 0.630. The van der Waals surface area contributed by atoms with Gasteiger partial charge in [-0.1, -0.05) is 41.9 Å². The fourth-order valence-corrected chi connectivity index (χ4v) is 2.84. The van der Waals surface area contributed by atoms with Crippen molar-refractivity contribution in [3.8, 4) is 0 Å². The molecule has 74 valence electrons. The third-order valence-corrected chi connectivity index (χ3v) is 3.51. The Morgan fingerprint density at radius 1 is 1.29 bits per heavy atom. The molecule has 0 amide bonds. The standard InChI is InChI=1S/C13H15Br/c1-8(2)10-4-5-11-12(10)6-9(3)7-13(11)14/h4,6-8H,5H2,1-3H3. The van der Waals surface area contributed by atoms with E-state index in [0.29, 0.717) is 5.92 Å². The summed E-state index contributed by atoms with van der Waals surface area (Å²) in [5.41, 5.74) is 5.75. The van der Waals surface area contributed by atoms with Crippen LogP contribution in [0.2, 0.25) is 0 Å². The number of halogens is 1. The maximum atomic E-state index is 3.64. The number of benzene rings is 1. The summed E-state index contributed by atoms with van der Waals surface area (Å²) in [6.45, 7) is 6.68. The molecule has 0 radical (unpaired) electrons. The summed E-state index contributed by atoms with van der Waals surface area (Å²) in [6.07, 6.45) is 3.45. The van der Waals surface area contributed by atoms with Crippen molar-refractivity contribution < 1.29 is 0 Å². The highest BCUT2D eigenvalue weighted by molar-refractivity contribution is 9.10. The van der Waals surface area contributed by atoms with Crippen molar-refractivity contribution in [2.24, 2.45) is 5.92 Å². The van der Waals surface area contributed by atoms with Crippen molar-refractivity contribution in [3.05, 3.63) is 39.4 Å². The van der Waals surface area contributed by atoms with Crippen molar-refractivity contribution >= 4 is 21.5 Å². The van der Waals surface area contributed by atoms with Crippen molar-refractivity contribution in [3.63, 3.8) is 0 Å². The Kier molecular flexibility index (Phi) is 2.52. The van der Waals surface area contributed by atoms with E-state index in [4.69, 9.17) is 0 Å². The molecule has 0 N–H and O–H groups in total. The quantitative estimate of drug-likeness (QED) is 0.695. The highest BCUT2D eigenvalue weighted by Crippen LogP contribution is 2.37. The van der Waals surface area contributed by atoms with Crippen LogP contribution in [-0.2, 0) is 6.42 Å². The molecule has 0 unspecified atom stereocenters. The zero-order chi connectivity index (χ0) is 10.3. The van der Waals surface area contributed by atoms with Crippen LogP contribution in [0, 0.1) is 12.8 Å². The second-order valence-corrected chi connectivity index (χ2v) is 5.15. The van der Waals surface area contributed by atoms with Gasteiger partial charge in [0.05, 0.1) is 0 Å². The number of hydrogen-bond acceptors (Lipinski definition) is 0. The van der Waals surface area contributed by atoms with Crippen LogP contribution in [0.1, 0.15) is 30.5 Å². The Morgan fingerprint density at radius 2 is 2.00 bits per heavy atom. The number of aryl methyl sites for hydroxylation is 1. The van der Waals surface area contributed by atoms with Gasteiger partial charge in [0, 0.05) is 4.47 Å². The first-order chi connectivity index (χ1) is 6.59. The Bertz CT molecular complexity index is 400. The second-order valence-electron chi connectivity index (χ2n) is 4.29. The number of fused-ring (bicyclic) bond motifs is 1. The van der Waals surface area contributed by atoms with Gasteiger partial charge in [-0.05, 0) is 47.6 Å². The molecule has 0 aromatic heterocycles. The van der Waals surface area contributed by atoms with Gasteiger partial charge >= 0.3 is 0 Å². The highest BCUT2D eigenvalue weighted by Gasteiger charge is 2.18. The van der Waals surface area contributed by atoms with Crippen LogP contribution in [0.5, 0.6) is 0 Å². The maximum absolute atomic E-state index is 3.64. The topological polar surface area (TPSA) is 0 Å². The third-order valence-electron chi connectivity index (χ3n) is 2.80. The smallest absolute Gasteiger partial charge is 0.0219 e. The van der Waals surface area contributed by atoms with E-state index < -0.39 is 0 Å². The SMILES string of the molecule is Cc1cc(Br)c2c(c1)C(C(C)C)=CC2. The predicted octanol–water partition coefficient (Wildman–Crippen LogP) is 4.35. The fourth-order valence-electron chi connectivity index (χ4n) is 2.11. The van der Waals surface area contributed by atoms with Crippen LogP contribution < -0.4 is 0 Å². The van der Waals surface area contributed by atoms with Crippen molar-refractivity contribution in [2.75, 3.05) is 0 Å². The molecular weight excluding hydrogens is 236 g/mol. The van der Waals surface area contributed by atoms with E-state index in [1.54, 1.807) is 0 Å². The number of rotatable bonds is 1. The van der Waals surface area contributed by atoms with Gasteiger partial charge in [-0.3, -0.25) is 0 Å². The summed E-state index contributed by atoms with van der Waals surface area (Å²) in [5, 5.41) is 0. The van der Waals surface area contributed by atoms with E-state index in [-0.39, 0.29) is 0 Å². The van der Waals surface area contributed by atoms with Crippen LogP contribution in [0.15, 0.2) is 22.7 Å². The zero-order valence-corrected chi connectivity index (χ0v) is 10.5. The third kappa shape index (κ3) is 1.54. The molecule has 0 saturated heterocycles. The molecule has 0 aliphatic heterocycles. The van der Waals surface area contributed by atoms with Crippen molar-refractivity contribution in [2.45, 2.75) is 27.2 Å². The molecule has 0 bridgehead atoms. The lowest BCUT2D eigenvalue weighted by Gasteiger charge is -2.11. The number of allylic oxidation sites excluding steroid dienone is 2. The molecule has 0 saturated carbocycles. The normalized spacial score (nSPS) is 14.5. The molecule has 1 aromatic carbocycles. The molecule has 0 fully saturated rings. The molecule has 1 heteroatoms. The first kappa shape index (κ1) is 9.97. The van der Waals surface area contributed by atoms with Crippen LogP contribution in [0.4, 0.5) is 0 Å². The van der Waals surface area contributed by atoms with Gasteiger partial charge in [0.1, 0.15) is 0 Å². The molecule has 0 atom stereocenters. The van der Waals surface area contributed by atoms with Gasteiger partial charge in [-0.25, -0.2) is 0 Å². The lowest BCUT2D eigenvalue weighted by molar-refractivity contribution is 0.857. The lowest BCUT2D eigenvalue weighted by Crippen LogP contribution is -1.93. The van der Waals surface area contributed by atoms with E-state index in [2.05, 4.69) is 54.9 Å². The van der Waals surface area contributed by atoms with E-state index in [0.717, 1.165) is 6.42 Å². The molecule has 2 rings (SSSR count). The number of hydrogen-bond donors (Lipinski definition) is 0. The van der Waals surface area contributed by atoms with Gasteiger partial charge in [-0.2, -0.15) is 0 Å². The first-order valence-corrected chi connectivity index (χ1v) is 5.88. The van der Waals surface area contributed by atoms with Crippen LogP contribution in [0.25, 0.3) is 5.57 Å². The van der Waals surface area contributed by atoms with Crippen molar-refractivity contribution in [1.29, 1.82) is 0 Å². The minimum Gasteiger partial charge on any atom is -0.0760 e. The molecule has 1 aliphatic carbocycles. The van der Waals surface area contributed by atoms with Crippen LogP contribution >= 0.6 is 15.9 Å². The van der Waals surface area contributed by atoms with Crippen LogP contribution in [0.3, 0.4) is 0 Å². The predicted molar refractivity (Wildman–Crippen MR) is 65.4 cm³/mol. The largest absolute Gasteiger partial charge is 0.0760 e. The van der Waals surface area contributed by atoms with Gasteiger partial charge < -0.3 is 0 Å². The lowest BCUT2D eigenvalue weighted by atomic mass is 9.95. The maximum Gasteiger partial charge on any atom is 0.0219 e. The molecule has 0 heterocycles. The minimum atomic E-state index is 0.630. The summed E-state index contributed by atoms with van der Waals surface area (Å²) < 4.78 is 1.26. The average Bonchev–Trinajstić information content (AvgIpc) is 2.47. The Balaban J connectivity index is 2.55. The van der Waals surface area contributed by atoms with Gasteiger partial charge in [0.2, 0.25) is 0 Å². The summed E-state index contributed by atoms with van der Waals surface area (Å²) in [5.74, 6) is 0.630. The van der Waals surface area contributed by atoms with E-state index in [1.807, 2.05) is 0 Å². The van der Waals surface area contributed by atoms with Crippen molar-refractivity contribution in [1.82, 2.24) is 0 Å².